The molecule has 25 heavy (non-hydrogen) atoms. The van der Waals surface area contributed by atoms with Crippen molar-refractivity contribution in [2.24, 2.45) is 5.92 Å². The summed E-state index contributed by atoms with van der Waals surface area (Å²) in [6, 6.07) is 7.04. The van der Waals surface area contributed by atoms with E-state index in [4.69, 9.17) is 11.6 Å². The number of rotatable bonds is 2. The maximum atomic E-state index is 13.1. The third-order valence-electron chi connectivity index (χ3n) is 5.63. The smallest absolute Gasteiger partial charge is 0.323 e. The molecule has 1 aromatic heterocycles. The van der Waals surface area contributed by atoms with Gasteiger partial charge in [0.1, 0.15) is 5.54 Å². The molecule has 0 bridgehead atoms. The Morgan fingerprint density at radius 3 is 2.96 bits per heavy atom. The Balaban J connectivity index is 1.69. The van der Waals surface area contributed by atoms with Crippen molar-refractivity contribution in [1.29, 1.82) is 0 Å². The van der Waals surface area contributed by atoms with Gasteiger partial charge in [-0.15, -0.1) is 0 Å². The van der Waals surface area contributed by atoms with Crippen LogP contribution in [0.3, 0.4) is 0 Å². The molecule has 6 heteroatoms. The number of benzene rings is 1. The second-order valence-corrected chi connectivity index (χ2v) is 7.45. The summed E-state index contributed by atoms with van der Waals surface area (Å²) in [7, 11) is 0. The van der Waals surface area contributed by atoms with E-state index in [-0.39, 0.29) is 24.4 Å². The lowest BCUT2D eigenvalue weighted by Crippen LogP contribution is -2.53. The Hall–Kier alpha value is -2.14. The number of halogens is 1. The molecule has 1 saturated carbocycles. The number of fused-ring (bicyclic) bond motifs is 1. The van der Waals surface area contributed by atoms with E-state index in [0.717, 1.165) is 42.1 Å². The first-order chi connectivity index (χ1) is 12.0. The second kappa shape index (κ2) is 5.99. The highest BCUT2D eigenvalue weighted by Crippen LogP contribution is 2.39. The van der Waals surface area contributed by atoms with Gasteiger partial charge in [-0.1, -0.05) is 37.4 Å². The lowest BCUT2D eigenvalue weighted by molar-refractivity contribution is -0.134. The first-order valence-corrected chi connectivity index (χ1v) is 9.07. The maximum absolute atomic E-state index is 13.1. The Morgan fingerprint density at radius 1 is 1.32 bits per heavy atom. The SMILES string of the molecule is C[C@@H]1CCCC[C@]12NC(=O)N(Cc1ccc(Cl)c3cccnc13)C2=O. The van der Waals surface area contributed by atoms with E-state index in [9.17, 15) is 9.59 Å². The van der Waals surface area contributed by atoms with Crippen LogP contribution in [-0.4, -0.2) is 27.4 Å². The van der Waals surface area contributed by atoms with Crippen LogP contribution in [0.25, 0.3) is 10.9 Å². The van der Waals surface area contributed by atoms with E-state index in [2.05, 4.69) is 17.2 Å². The van der Waals surface area contributed by atoms with Crippen molar-refractivity contribution in [3.05, 3.63) is 41.0 Å². The van der Waals surface area contributed by atoms with Gasteiger partial charge in [0.25, 0.3) is 5.91 Å². The van der Waals surface area contributed by atoms with Crippen molar-refractivity contribution in [2.45, 2.75) is 44.7 Å². The lowest BCUT2D eigenvalue weighted by Gasteiger charge is -2.36. The summed E-state index contributed by atoms with van der Waals surface area (Å²) in [6.07, 6.45) is 5.45. The highest BCUT2D eigenvalue weighted by atomic mass is 35.5. The van der Waals surface area contributed by atoms with E-state index in [1.165, 1.54) is 4.90 Å². The molecular weight excluding hydrogens is 338 g/mol. The van der Waals surface area contributed by atoms with Crippen LogP contribution >= 0.6 is 11.6 Å². The molecule has 1 aliphatic carbocycles. The standard InChI is InChI=1S/C19H20ClN3O2/c1-12-5-2-3-9-19(12)17(24)23(18(25)22-19)11-13-7-8-15(20)14-6-4-10-21-16(13)14/h4,6-8,10,12H,2-3,5,9,11H2,1H3,(H,22,25)/t12-,19+/m1/s1. The van der Waals surface area contributed by atoms with Gasteiger partial charge >= 0.3 is 6.03 Å². The molecule has 2 heterocycles. The zero-order valence-electron chi connectivity index (χ0n) is 14.1. The molecule has 0 unspecified atom stereocenters. The first-order valence-electron chi connectivity index (χ1n) is 8.69. The van der Waals surface area contributed by atoms with Crippen molar-refractivity contribution in [3.8, 4) is 0 Å². The molecule has 3 amide bonds. The summed E-state index contributed by atoms with van der Waals surface area (Å²) in [5.41, 5.74) is 0.822. The van der Waals surface area contributed by atoms with Crippen molar-refractivity contribution in [3.63, 3.8) is 0 Å². The Kier molecular flexibility index (Phi) is 3.91. The molecule has 1 aliphatic heterocycles. The number of nitrogens with zero attached hydrogens (tertiary/aromatic N) is 2. The van der Waals surface area contributed by atoms with Crippen LogP contribution in [0.2, 0.25) is 5.02 Å². The minimum Gasteiger partial charge on any atom is -0.323 e. The van der Waals surface area contributed by atoms with Crippen molar-refractivity contribution >= 4 is 34.4 Å². The normalized spacial score (nSPS) is 26.5. The molecule has 5 nitrogen and oxygen atoms in total. The van der Waals surface area contributed by atoms with Crippen LogP contribution in [0.1, 0.15) is 38.2 Å². The third-order valence-corrected chi connectivity index (χ3v) is 5.96. The number of imide groups is 1. The highest BCUT2D eigenvalue weighted by Gasteiger charge is 2.54. The van der Waals surface area contributed by atoms with E-state index < -0.39 is 5.54 Å². The average molecular weight is 358 g/mol. The Morgan fingerprint density at radius 2 is 2.16 bits per heavy atom. The van der Waals surface area contributed by atoms with Gasteiger partial charge in [-0.3, -0.25) is 14.7 Å². The predicted molar refractivity (Wildman–Crippen MR) is 96.2 cm³/mol. The van der Waals surface area contributed by atoms with E-state index in [1.54, 1.807) is 12.3 Å². The molecule has 1 spiro atoms. The molecule has 1 saturated heterocycles. The summed E-state index contributed by atoms with van der Waals surface area (Å²) in [6.45, 7) is 2.27. The monoisotopic (exact) mass is 357 g/mol. The van der Waals surface area contributed by atoms with Gasteiger partial charge in [-0.2, -0.15) is 0 Å². The Labute approximate surface area is 151 Å². The van der Waals surface area contributed by atoms with Crippen LogP contribution < -0.4 is 5.32 Å². The van der Waals surface area contributed by atoms with Crippen LogP contribution in [0.4, 0.5) is 4.79 Å². The molecule has 1 N–H and O–H groups in total. The van der Waals surface area contributed by atoms with Crippen molar-refractivity contribution in [1.82, 2.24) is 15.2 Å². The minimum atomic E-state index is -0.731. The van der Waals surface area contributed by atoms with Gasteiger partial charge in [-0.25, -0.2) is 4.79 Å². The largest absolute Gasteiger partial charge is 0.325 e. The van der Waals surface area contributed by atoms with E-state index in [1.807, 2.05) is 18.2 Å². The van der Waals surface area contributed by atoms with Crippen molar-refractivity contribution in [2.75, 3.05) is 0 Å². The topological polar surface area (TPSA) is 62.3 Å². The number of urea groups is 1. The van der Waals surface area contributed by atoms with Gasteiger partial charge in [0, 0.05) is 16.6 Å². The molecule has 2 aliphatic rings. The minimum absolute atomic E-state index is 0.108. The highest BCUT2D eigenvalue weighted by molar-refractivity contribution is 6.35. The fourth-order valence-corrected chi connectivity index (χ4v) is 4.35. The number of hydrogen-bond acceptors (Lipinski definition) is 3. The molecule has 2 atom stereocenters. The summed E-state index contributed by atoms with van der Waals surface area (Å²) < 4.78 is 0. The first kappa shape index (κ1) is 16.3. The van der Waals surface area contributed by atoms with Crippen LogP contribution in [0.5, 0.6) is 0 Å². The molecular formula is C19H20ClN3O2. The number of aromatic nitrogens is 1. The zero-order valence-corrected chi connectivity index (χ0v) is 14.8. The quantitative estimate of drug-likeness (QED) is 0.829. The molecule has 0 radical (unpaired) electrons. The zero-order chi connectivity index (χ0) is 17.6. The summed E-state index contributed by atoms with van der Waals surface area (Å²) in [5, 5.41) is 4.43. The molecule has 2 fully saturated rings. The summed E-state index contributed by atoms with van der Waals surface area (Å²) in [4.78, 5) is 31.4. The van der Waals surface area contributed by atoms with Crippen LogP contribution in [0.15, 0.2) is 30.5 Å². The number of carbonyl (C=O) groups is 2. The number of nitrogens with one attached hydrogen (secondary N) is 1. The lowest BCUT2D eigenvalue weighted by atomic mass is 9.73. The van der Waals surface area contributed by atoms with Gasteiger partial charge in [0.2, 0.25) is 0 Å². The molecule has 130 valence electrons. The molecule has 2 aromatic rings. The van der Waals surface area contributed by atoms with Gasteiger partial charge in [0.15, 0.2) is 0 Å². The second-order valence-electron chi connectivity index (χ2n) is 7.05. The van der Waals surface area contributed by atoms with Gasteiger partial charge in [-0.05, 0) is 42.5 Å². The van der Waals surface area contributed by atoms with Crippen LogP contribution in [-0.2, 0) is 11.3 Å². The predicted octanol–water partition coefficient (Wildman–Crippen LogP) is 3.89. The fourth-order valence-electron chi connectivity index (χ4n) is 4.13. The van der Waals surface area contributed by atoms with Crippen molar-refractivity contribution < 1.29 is 9.59 Å². The fraction of sp³-hybridized carbons (Fsp3) is 0.421. The number of hydrogen-bond donors (Lipinski definition) is 1. The van der Waals surface area contributed by atoms with E-state index in [0.29, 0.717) is 5.02 Å². The molecule has 1 aromatic carbocycles. The molecule has 4 rings (SSSR count). The third kappa shape index (κ3) is 2.49. The number of amides is 3. The summed E-state index contributed by atoms with van der Waals surface area (Å²) in [5.74, 6) is 0.0477. The van der Waals surface area contributed by atoms with Crippen LogP contribution in [0, 0.1) is 5.92 Å². The van der Waals surface area contributed by atoms with Gasteiger partial charge < -0.3 is 5.32 Å². The number of carbonyl (C=O) groups excluding carboxylic acids is 2. The maximum Gasteiger partial charge on any atom is 0.325 e. The van der Waals surface area contributed by atoms with Gasteiger partial charge in [0.05, 0.1) is 12.1 Å². The average Bonchev–Trinajstić information content (AvgIpc) is 2.85. The number of pyridine rings is 1. The Bertz CT molecular complexity index is 869. The van der Waals surface area contributed by atoms with E-state index >= 15 is 0 Å². The summed E-state index contributed by atoms with van der Waals surface area (Å²) >= 11 is 6.24.